The molecular formula is C11H19N3O4S. The first-order chi connectivity index (χ1) is 8.84. The maximum Gasteiger partial charge on any atom is 0.325 e. The minimum Gasteiger partial charge on any atom is -0.468 e. The average Bonchev–Trinajstić information content (AvgIpc) is 2.44. The second-order valence-electron chi connectivity index (χ2n) is 4.45. The topological polar surface area (TPSA) is 90.7 Å². The zero-order valence-electron chi connectivity index (χ0n) is 11.4. The maximum atomic E-state index is 12.2. The first-order valence-electron chi connectivity index (χ1n) is 6.05. The number of esters is 1. The van der Waals surface area contributed by atoms with Crippen molar-refractivity contribution in [2.24, 2.45) is 0 Å². The van der Waals surface area contributed by atoms with Crippen molar-refractivity contribution >= 4 is 16.0 Å². The third-order valence-electron chi connectivity index (χ3n) is 3.35. The van der Waals surface area contributed by atoms with E-state index in [9.17, 15) is 13.2 Å². The van der Waals surface area contributed by atoms with Gasteiger partial charge in [0.15, 0.2) is 5.25 Å². The molecule has 2 atom stereocenters. The number of carbonyl (C=O) groups excluding carboxylic acids is 1. The fraction of sp³-hybridized carbons (Fsp3) is 0.818. The fourth-order valence-corrected chi connectivity index (χ4v) is 3.40. The lowest BCUT2D eigenvalue weighted by Crippen LogP contribution is -2.53. The zero-order valence-corrected chi connectivity index (χ0v) is 12.2. The van der Waals surface area contributed by atoms with Crippen molar-refractivity contribution in [3.05, 3.63) is 0 Å². The molecule has 0 bridgehead atoms. The van der Waals surface area contributed by atoms with Gasteiger partial charge in [0.05, 0.1) is 19.2 Å². The molecule has 1 aliphatic rings. The van der Waals surface area contributed by atoms with Crippen LogP contribution in [0.25, 0.3) is 0 Å². The number of sulfonamides is 1. The monoisotopic (exact) mass is 289 g/mol. The Morgan fingerprint density at radius 2 is 1.79 bits per heavy atom. The van der Waals surface area contributed by atoms with Crippen molar-refractivity contribution in [3.8, 4) is 6.07 Å². The summed E-state index contributed by atoms with van der Waals surface area (Å²) >= 11 is 0. The second-order valence-corrected chi connectivity index (χ2v) is 6.70. The molecule has 0 aliphatic carbocycles. The highest BCUT2D eigenvalue weighted by molar-refractivity contribution is 7.90. The number of nitrogens with zero attached hydrogens (tertiary/aromatic N) is 3. The lowest BCUT2D eigenvalue weighted by molar-refractivity contribution is -0.139. The standard InChI is InChI=1S/C11H19N3O4S/c1-9(8-12)13-4-6-14(7-5-13)19(16,17)10(2)11(15)18-3/h9-10H,4-7H2,1-3H3. The molecule has 19 heavy (non-hydrogen) atoms. The molecule has 0 aromatic heterocycles. The van der Waals surface area contributed by atoms with Crippen molar-refractivity contribution in [3.63, 3.8) is 0 Å². The highest BCUT2D eigenvalue weighted by atomic mass is 32.2. The van der Waals surface area contributed by atoms with E-state index in [4.69, 9.17) is 5.26 Å². The largest absolute Gasteiger partial charge is 0.468 e. The van der Waals surface area contributed by atoms with E-state index < -0.39 is 21.2 Å². The van der Waals surface area contributed by atoms with Crippen LogP contribution in [0.15, 0.2) is 0 Å². The molecule has 1 aliphatic heterocycles. The summed E-state index contributed by atoms with van der Waals surface area (Å²) in [5, 5.41) is 7.62. The third kappa shape index (κ3) is 3.43. The summed E-state index contributed by atoms with van der Waals surface area (Å²) in [4.78, 5) is 13.2. The van der Waals surface area contributed by atoms with Crippen molar-refractivity contribution in [2.45, 2.75) is 25.1 Å². The number of rotatable bonds is 4. The molecule has 0 amide bonds. The van der Waals surface area contributed by atoms with Gasteiger partial charge in [-0.1, -0.05) is 0 Å². The number of methoxy groups -OCH3 is 1. The second kappa shape index (κ2) is 6.32. The van der Waals surface area contributed by atoms with E-state index in [1.54, 1.807) is 6.92 Å². The lowest BCUT2D eigenvalue weighted by atomic mass is 10.2. The van der Waals surface area contributed by atoms with E-state index in [1.165, 1.54) is 18.3 Å². The van der Waals surface area contributed by atoms with E-state index in [1.807, 2.05) is 4.90 Å². The van der Waals surface area contributed by atoms with Gasteiger partial charge in [0.1, 0.15) is 0 Å². The summed E-state index contributed by atoms with van der Waals surface area (Å²) in [5.41, 5.74) is 0. The van der Waals surface area contributed by atoms with Crippen LogP contribution in [0.1, 0.15) is 13.8 Å². The van der Waals surface area contributed by atoms with Crippen LogP contribution in [-0.2, 0) is 19.6 Å². The Hall–Kier alpha value is -1.17. The van der Waals surface area contributed by atoms with Gasteiger partial charge in [-0.25, -0.2) is 8.42 Å². The van der Waals surface area contributed by atoms with Crippen LogP contribution in [0.5, 0.6) is 0 Å². The molecule has 0 saturated carbocycles. The van der Waals surface area contributed by atoms with E-state index in [0.29, 0.717) is 13.1 Å². The predicted molar refractivity (Wildman–Crippen MR) is 68.6 cm³/mol. The van der Waals surface area contributed by atoms with Gasteiger partial charge in [-0.2, -0.15) is 9.57 Å². The minimum atomic E-state index is -3.68. The molecule has 1 rings (SSSR count). The van der Waals surface area contributed by atoms with E-state index in [-0.39, 0.29) is 19.1 Å². The number of ether oxygens (including phenoxy) is 1. The third-order valence-corrected chi connectivity index (χ3v) is 5.52. The van der Waals surface area contributed by atoms with Gasteiger partial charge in [0, 0.05) is 26.2 Å². The van der Waals surface area contributed by atoms with Crippen molar-refractivity contribution in [2.75, 3.05) is 33.3 Å². The number of piperazine rings is 1. The van der Waals surface area contributed by atoms with Gasteiger partial charge in [-0.05, 0) is 13.8 Å². The summed E-state index contributed by atoms with van der Waals surface area (Å²) in [6, 6.07) is 1.89. The quantitative estimate of drug-likeness (QED) is 0.642. The first-order valence-corrected chi connectivity index (χ1v) is 7.55. The molecule has 0 aromatic rings. The molecule has 2 unspecified atom stereocenters. The fourth-order valence-electron chi connectivity index (χ4n) is 1.94. The average molecular weight is 289 g/mol. The molecule has 0 N–H and O–H groups in total. The molecule has 0 radical (unpaired) electrons. The molecular weight excluding hydrogens is 270 g/mol. The van der Waals surface area contributed by atoms with Crippen molar-refractivity contribution in [1.29, 1.82) is 5.26 Å². The van der Waals surface area contributed by atoms with Gasteiger partial charge in [0.25, 0.3) is 0 Å². The first kappa shape index (κ1) is 15.9. The Morgan fingerprint density at radius 1 is 1.26 bits per heavy atom. The smallest absolute Gasteiger partial charge is 0.325 e. The lowest BCUT2D eigenvalue weighted by Gasteiger charge is -2.35. The van der Waals surface area contributed by atoms with Gasteiger partial charge >= 0.3 is 5.97 Å². The summed E-state index contributed by atoms with van der Waals surface area (Å²) in [6.07, 6.45) is 0. The zero-order chi connectivity index (χ0) is 14.6. The summed E-state index contributed by atoms with van der Waals surface area (Å²) in [7, 11) is -2.51. The highest BCUT2D eigenvalue weighted by Crippen LogP contribution is 2.14. The molecule has 8 heteroatoms. The van der Waals surface area contributed by atoms with Crippen LogP contribution in [0.2, 0.25) is 0 Å². The van der Waals surface area contributed by atoms with Gasteiger partial charge in [0.2, 0.25) is 10.0 Å². The van der Waals surface area contributed by atoms with E-state index in [2.05, 4.69) is 10.8 Å². The molecule has 1 fully saturated rings. The number of nitriles is 1. The van der Waals surface area contributed by atoms with Crippen molar-refractivity contribution < 1.29 is 17.9 Å². The number of hydrogen-bond donors (Lipinski definition) is 0. The molecule has 1 heterocycles. The molecule has 1 saturated heterocycles. The Balaban J connectivity index is 2.70. The summed E-state index contributed by atoms with van der Waals surface area (Å²) < 4.78 is 30.1. The van der Waals surface area contributed by atoms with Crippen LogP contribution in [0.3, 0.4) is 0 Å². The van der Waals surface area contributed by atoms with Crippen LogP contribution < -0.4 is 0 Å². The Morgan fingerprint density at radius 3 is 2.21 bits per heavy atom. The number of hydrogen-bond acceptors (Lipinski definition) is 6. The molecule has 0 aromatic carbocycles. The molecule has 7 nitrogen and oxygen atoms in total. The van der Waals surface area contributed by atoms with Crippen LogP contribution in [0.4, 0.5) is 0 Å². The Labute approximate surface area is 113 Å². The minimum absolute atomic E-state index is 0.233. The summed E-state index contributed by atoms with van der Waals surface area (Å²) in [5.74, 6) is -0.757. The van der Waals surface area contributed by atoms with E-state index in [0.717, 1.165) is 0 Å². The van der Waals surface area contributed by atoms with Gasteiger partial charge < -0.3 is 4.74 Å². The highest BCUT2D eigenvalue weighted by Gasteiger charge is 2.36. The van der Waals surface area contributed by atoms with Crippen molar-refractivity contribution in [1.82, 2.24) is 9.21 Å². The SMILES string of the molecule is COC(=O)C(C)S(=O)(=O)N1CCN(C(C)C#N)CC1. The Kier molecular flexibility index (Phi) is 5.29. The summed E-state index contributed by atoms with van der Waals surface area (Å²) in [6.45, 7) is 4.65. The van der Waals surface area contributed by atoms with E-state index >= 15 is 0 Å². The van der Waals surface area contributed by atoms with Crippen LogP contribution in [0, 0.1) is 11.3 Å². The Bertz CT molecular complexity index is 463. The normalized spacial score (nSPS) is 21.4. The molecule has 0 spiro atoms. The maximum absolute atomic E-state index is 12.2. The van der Waals surface area contributed by atoms with Gasteiger partial charge in [-0.15, -0.1) is 0 Å². The predicted octanol–water partition coefficient (Wildman–Crippen LogP) is -0.593. The van der Waals surface area contributed by atoms with Crippen LogP contribution >= 0.6 is 0 Å². The van der Waals surface area contributed by atoms with Crippen LogP contribution in [-0.4, -0.2) is 68.2 Å². The molecule has 108 valence electrons. The van der Waals surface area contributed by atoms with Gasteiger partial charge in [-0.3, -0.25) is 9.69 Å². The number of carbonyl (C=O) groups is 1.